The molecule has 1 atom stereocenters. The Morgan fingerprint density at radius 2 is 2.20 bits per heavy atom. The van der Waals surface area contributed by atoms with Gasteiger partial charge in [-0.15, -0.1) is 0 Å². The summed E-state index contributed by atoms with van der Waals surface area (Å²) in [4.78, 5) is 0. The fourth-order valence-corrected chi connectivity index (χ4v) is 2.35. The normalized spacial score (nSPS) is 16.1. The van der Waals surface area contributed by atoms with E-state index in [9.17, 15) is 5.11 Å². The molecule has 1 N–H and O–H groups in total. The Morgan fingerprint density at radius 1 is 1.40 bits per heavy atom. The highest BCUT2D eigenvalue weighted by Gasteiger charge is 2.24. The number of aryl methyl sites for hydroxylation is 2. The van der Waals surface area contributed by atoms with Crippen LogP contribution in [0.5, 0.6) is 5.75 Å². The molecule has 106 valence electrons. The fraction of sp³-hybridized carbons (Fsp3) is 0.438. The minimum atomic E-state index is -0.668. The van der Waals surface area contributed by atoms with Gasteiger partial charge >= 0.3 is 0 Å². The molecule has 20 heavy (non-hydrogen) atoms. The fourth-order valence-electron chi connectivity index (χ4n) is 2.35. The van der Waals surface area contributed by atoms with Crippen molar-refractivity contribution >= 4 is 0 Å². The lowest BCUT2D eigenvalue weighted by atomic mass is 10.1. The zero-order valence-corrected chi connectivity index (χ0v) is 11.9. The zero-order chi connectivity index (χ0) is 14.1. The summed E-state index contributed by atoms with van der Waals surface area (Å²) in [6, 6.07) is 9.65. The summed E-state index contributed by atoms with van der Waals surface area (Å²) in [6.07, 6.45) is 1.97. The maximum absolute atomic E-state index is 10.6. The summed E-state index contributed by atoms with van der Waals surface area (Å²) in [5.41, 5.74) is 2.60. The van der Waals surface area contributed by atoms with Crippen LogP contribution in [0.25, 0.3) is 0 Å². The van der Waals surface area contributed by atoms with E-state index in [1.165, 1.54) is 0 Å². The molecule has 3 rings (SSSR count). The Kier molecular flexibility index (Phi) is 3.49. The molecule has 1 aliphatic carbocycles. The number of aliphatic hydroxyl groups excluding tert-OH is 1. The molecule has 4 heteroatoms. The van der Waals surface area contributed by atoms with Gasteiger partial charge in [0.2, 0.25) is 0 Å². The van der Waals surface area contributed by atoms with Gasteiger partial charge in [0, 0.05) is 6.54 Å². The van der Waals surface area contributed by atoms with E-state index in [1.54, 1.807) is 0 Å². The second-order valence-corrected chi connectivity index (χ2v) is 5.32. The molecule has 1 saturated carbocycles. The molecule has 1 aliphatic rings. The van der Waals surface area contributed by atoms with Crippen LogP contribution in [0.3, 0.4) is 0 Å². The Hall–Kier alpha value is -1.81. The number of rotatable bonds is 5. The minimum absolute atomic E-state index is 0.366. The molecule has 0 saturated heterocycles. The van der Waals surface area contributed by atoms with Gasteiger partial charge in [-0.05, 0) is 50.5 Å². The molecule has 0 radical (unpaired) electrons. The van der Waals surface area contributed by atoms with E-state index in [4.69, 9.17) is 4.74 Å². The SMILES string of the molecule is CCn1nc(C)cc1C(O)c1cccc(OC2CC2)c1. The van der Waals surface area contributed by atoms with Crippen molar-refractivity contribution in [3.05, 3.63) is 47.3 Å². The molecular formula is C16H20N2O2. The van der Waals surface area contributed by atoms with Crippen molar-refractivity contribution in [2.45, 2.75) is 45.4 Å². The van der Waals surface area contributed by atoms with Crippen molar-refractivity contribution in [1.82, 2.24) is 9.78 Å². The van der Waals surface area contributed by atoms with Crippen molar-refractivity contribution in [3.8, 4) is 5.75 Å². The second-order valence-electron chi connectivity index (χ2n) is 5.32. The second kappa shape index (κ2) is 5.29. The summed E-state index contributed by atoms with van der Waals surface area (Å²) < 4.78 is 7.62. The van der Waals surface area contributed by atoms with E-state index < -0.39 is 6.10 Å². The lowest BCUT2D eigenvalue weighted by molar-refractivity contribution is 0.207. The molecule has 1 fully saturated rings. The molecule has 1 aromatic heterocycles. The van der Waals surface area contributed by atoms with Gasteiger partial charge in [-0.2, -0.15) is 5.10 Å². The molecule has 1 unspecified atom stereocenters. The summed E-state index contributed by atoms with van der Waals surface area (Å²) in [5, 5.41) is 15.0. The van der Waals surface area contributed by atoms with Crippen LogP contribution in [0.2, 0.25) is 0 Å². The van der Waals surface area contributed by atoms with Crippen LogP contribution in [-0.4, -0.2) is 21.0 Å². The minimum Gasteiger partial charge on any atom is -0.490 e. The molecule has 2 aromatic rings. The topological polar surface area (TPSA) is 47.3 Å². The van der Waals surface area contributed by atoms with Gasteiger partial charge < -0.3 is 9.84 Å². The number of aromatic nitrogens is 2. The summed E-state index contributed by atoms with van der Waals surface area (Å²) in [6.45, 7) is 4.71. The smallest absolute Gasteiger partial charge is 0.121 e. The standard InChI is InChI=1S/C16H20N2O2/c1-3-18-15(9-11(2)17-18)16(19)12-5-4-6-14(10-12)20-13-7-8-13/h4-6,9-10,13,16,19H,3,7-8H2,1-2H3. The summed E-state index contributed by atoms with van der Waals surface area (Å²) >= 11 is 0. The van der Waals surface area contributed by atoms with Crippen LogP contribution in [0.4, 0.5) is 0 Å². The van der Waals surface area contributed by atoms with Gasteiger partial charge in [-0.1, -0.05) is 12.1 Å². The quantitative estimate of drug-likeness (QED) is 0.910. The van der Waals surface area contributed by atoms with E-state index >= 15 is 0 Å². The van der Waals surface area contributed by atoms with Gasteiger partial charge in [0.05, 0.1) is 17.5 Å². The van der Waals surface area contributed by atoms with E-state index in [1.807, 2.05) is 48.9 Å². The van der Waals surface area contributed by atoms with Crippen LogP contribution < -0.4 is 4.74 Å². The molecule has 0 amide bonds. The number of aliphatic hydroxyl groups is 1. The van der Waals surface area contributed by atoms with E-state index in [-0.39, 0.29) is 0 Å². The van der Waals surface area contributed by atoms with Crippen LogP contribution in [0.15, 0.2) is 30.3 Å². The average Bonchev–Trinajstić information content (AvgIpc) is 3.18. The summed E-state index contributed by atoms with van der Waals surface area (Å²) in [7, 11) is 0. The average molecular weight is 272 g/mol. The van der Waals surface area contributed by atoms with Gasteiger partial charge in [0.15, 0.2) is 0 Å². The number of ether oxygens (including phenoxy) is 1. The van der Waals surface area contributed by atoms with E-state index in [0.29, 0.717) is 6.10 Å². The zero-order valence-electron chi connectivity index (χ0n) is 11.9. The molecule has 1 heterocycles. The van der Waals surface area contributed by atoms with Crippen molar-refractivity contribution in [2.24, 2.45) is 0 Å². The van der Waals surface area contributed by atoms with Crippen molar-refractivity contribution in [1.29, 1.82) is 0 Å². The van der Waals surface area contributed by atoms with Crippen LogP contribution >= 0.6 is 0 Å². The first kappa shape index (κ1) is 13.2. The van der Waals surface area contributed by atoms with Crippen molar-refractivity contribution < 1.29 is 9.84 Å². The Morgan fingerprint density at radius 3 is 2.90 bits per heavy atom. The highest BCUT2D eigenvalue weighted by molar-refractivity contribution is 5.34. The molecule has 1 aromatic carbocycles. The Labute approximate surface area is 119 Å². The van der Waals surface area contributed by atoms with Crippen LogP contribution in [0, 0.1) is 6.92 Å². The van der Waals surface area contributed by atoms with E-state index in [2.05, 4.69) is 5.10 Å². The molecular weight excluding hydrogens is 252 g/mol. The van der Waals surface area contributed by atoms with E-state index in [0.717, 1.165) is 42.1 Å². The number of benzene rings is 1. The molecule has 0 aliphatic heterocycles. The summed E-state index contributed by atoms with van der Waals surface area (Å²) in [5.74, 6) is 0.836. The predicted octanol–water partition coefficient (Wildman–Crippen LogP) is 2.83. The lowest BCUT2D eigenvalue weighted by Gasteiger charge is -2.14. The predicted molar refractivity (Wildman–Crippen MR) is 76.8 cm³/mol. The van der Waals surface area contributed by atoms with Crippen LogP contribution in [-0.2, 0) is 6.54 Å². The highest BCUT2D eigenvalue weighted by atomic mass is 16.5. The van der Waals surface area contributed by atoms with Crippen molar-refractivity contribution in [2.75, 3.05) is 0 Å². The maximum atomic E-state index is 10.6. The van der Waals surface area contributed by atoms with Gasteiger partial charge in [0.25, 0.3) is 0 Å². The first-order valence-electron chi connectivity index (χ1n) is 7.16. The Bertz CT molecular complexity index is 602. The lowest BCUT2D eigenvalue weighted by Crippen LogP contribution is -2.09. The third-order valence-electron chi connectivity index (χ3n) is 3.51. The number of nitrogens with zero attached hydrogens (tertiary/aromatic N) is 2. The molecule has 0 bridgehead atoms. The monoisotopic (exact) mass is 272 g/mol. The number of hydrogen-bond donors (Lipinski definition) is 1. The number of hydrogen-bond acceptors (Lipinski definition) is 3. The first-order chi connectivity index (χ1) is 9.67. The molecule has 0 spiro atoms. The first-order valence-corrected chi connectivity index (χ1v) is 7.16. The van der Waals surface area contributed by atoms with Crippen LogP contribution in [0.1, 0.15) is 42.8 Å². The third-order valence-corrected chi connectivity index (χ3v) is 3.51. The maximum Gasteiger partial charge on any atom is 0.121 e. The largest absolute Gasteiger partial charge is 0.490 e. The van der Waals surface area contributed by atoms with Gasteiger partial charge in [-0.3, -0.25) is 4.68 Å². The van der Waals surface area contributed by atoms with Gasteiger partial charge in [0.1, 0.15) is 11.9 Å². The highest BCUT2D eigenvalue weighted by Crippen LogP contribution is 2.30. The van der Waals surface area contributed by atoms with Crippen molar-refractivity contribution in [3.63, 3.8) is 0 Å². The third kappa shape index (κ3) is 2.70. The van der Waals surface area contributed by atoms with Gasteiger partial charge in [-0.25, -0.2) is 0 Å². The molecule has 4 nitrogen and oxygen atoms in total. The Balaban J connectivity index is 1.86.